The maximum atomic E-state index is 15.3. The van der Waals surface area contributed by atoms with Crippen LogP contribution in [0.15, 0.2) is 104 Å². The Labute approximate surface area is 281 Å². The van der Waals surface area contributed by atoms with Crippen LogP contribution in [0.1, 0.15) is 36.1 Å². The first-order valence-corrected chi connectivity index (χ1v) is 17.2. The van der Waals surface area contributed by atoms with E-state index in [4.69, 9.17) is 0 Å². The summed E-state index contributed by atoms with van der Waals surface area (Å²) in [4.78, 5) is 50.2. The molecule has 244 valence electrons. The lowest BCUT2D eigenvalue weighted by molar-refractivity contribution is -0.142. The van der Waals surface area contributed by atoms with E-state index in [0.717, 1.165) is 28.1 Å². The van der Waals surface area contributed by atoms with E-state index in [1.807, 2.05) is 92.7 Å². The summed E-state index contributed by atoms with van der Waals surface area (Å²) in [6.07, 6.45) is 4.12. The molecule has 3 aliphatic heterocycles. The maximum absolute atomic E-state index is 15.3. The Kier molecular flexibility index (Phi) is 9.18. The number of amides is 3. The fourth-order valence-corrected chi connectivity index (χ4v) is 10.6. The summed E-state index contributed by atoms with van der Waals surface area (Å²) in [5, 5.41) is 10.8. The van der Waals surface area contributed by atoms with E-state index in [0.29, 0.717) is 13.0 Å². The molecule has 3 aliphatic rings. The molecule has 3 fully saturated rings. The van der Waals surface area contributed by atoms with Crippen molar-refractivity contribution in [3.63, 3.8) is 0 Å². The molecule has 47 heavy (non-hydrogen) atoms. The van der Waals surface area contributed by atoms with Crippen molar-refractivity contribution in [2.24, 2.45) is 17.8 Å². The molecule has 1 spiro atoms. The molecule has 3 heterocycles. The van der Waals surface area contributed by atoms with E-state index >= 15 is 9.59 Å². The number of carbonyl (C=O) groups excluding carboxylic acids is 3. The van der Waals surface area contributed by atoms with Gasteiger partial charge < -0.3 is 19.8 Å². The van der Waals surface area contributed by atoms with Crippen LogP contribution in [-0.4, -0.2) is 63.5 Å². The first-order chi connectivity index (χ1) is 22.7. The van der Waals surface area contributed by atoms with E-state index in [2.05, 4.69) is 20.1 Å². The maximum Gasteiger partial charge on any atom is 0.251 e. The lowest BCUT2D eigenvalue weighted by Crippen LogP contribution is -2.58. The average Bonchev–Trinajstić information content (AvgIpc) is 3.68. The SMILES string of the molecule is C=CCN(C(=O)[C@@H]1[C@@H]2CC(C)C3(S2)C(C(=O)N(CC=C)c2cc(C)ccc2C)N([C@H](CO)c2ccccc2)C(=O)[C@H]13)c1ccccc1. The largest absolute Gasteiger partial charge is 0.394 e. The molecule has 2 bridgehead atoms. The van der Waals surface area contributed by atoms with Gasteiger partial charge in [-0.25, -0.2) is 0 Å². The molecule has 3 unspecified atom stereocenters. The Bertz CT molecular complexity index is 1680. The zero-order chi connectivity index (χ0) is 33.5. The van der Waals surface area contributed by atoms with Gasteiger partial charge in [0, 0.05) is 29.7 Å². The number of fused-ring (bicyclic) bond motifs is 1. The molecule has 1 N–H and O–H groups in total. The van der Waals surface area contributed by atoms with Gasteiger partial charge in [-0.3, -0.25) is 14.4 Å². The van der Waals surface area contributed by atoms with Crippen LogP contribution in [-0.2, 0) is 14.4 Å². The number of aliphatic hydroxyl groups excluding tert-OH is 1. The van der Waals surface area contributed by atoms with Crippen LogP contribution in [0.3, 0.4) is 0 Å². The van der Waals surface area contributed by atoms with Crippen LogP contribution in [0.25, 0.3) is 0 Å². The van der Waals surface area contributed by atoms with Crippen LogP contribution >= 0.6 is 11.8 Å². The number of nitrogens with zero attached hydrogens (tertiary/aromatic N) is 3. The minimum Gasteiger partial charge on any atom is -0.394 e. The van der Waals surface area contributed by atoms with Crippen molar-refractivity contribution in [2.75, 3.05) is 29.5 Å². The zero-order valence-corrected chi connectivity index (χ0v) is 28.1. The van der Waals surface area contributed by atoms with Gasteiger partial charge in [0.05, 0.1) is 29.2 Å². The number of aliphatic hydroxyl groups is 1. The fraction of sp³-hybridized carbons (Fsp3) is 0.359. The van der Waals surface area contributed by atoms with Crippen molar-refractivity contribution in [1.82, 2.24) is 4.90 Å². The zero-order valence-electron chi connectivity index (χ0n) is 27.3. The predicted octanol–water partition coefficient (Wildman–Crippen LogP) is 6.11. The highest BCUT2D eigenvalue weighted by Crippen LogP contribution is 2.69. The molecule has 0 aliphatic carbocycles. The molecule has 0 saturated carbocycles. The van der Waals surface area contributed by atoms with E-state index in [-0.39, 0.29) is 42.0 Å². The number of hydrogen-bond donors (Lipinski definition) is 1. The number of benzene rings is 3. The lowest BCUT2D eigenvalue weighted by Gasteiger charge is -2.42. The molecule has 3 amide bonds. The Balaban J connectivity index is 1.52. The fourth-order valence-electron chi connectivity index (χ4n) is 8.22. The predicted molar refractivity (Wildman–Crippen MR) is 189 cm³/mol. The van der Waals surface area contributed by atoms with Gasteiger partial charge in [0.25, 0.3) is 5.91 Å². The highest BCUT2D eigenvalue weighted by Gasteiger charge is 2.77. The summed E-state index contributed by atoms with van der Waals surface area (Å²) < 4.78 is -0.866. The molecular formula is C39H43N3O4S. The highest BCUT2D eigenvalue weighted by molar-refractivity contribution is 8.02. The molecule has 8 heteroatoms. The summed E-state index contributed by atoms with van der Waals surface area (Å²) in [7, 11) is 0. The smallest absolute Gasteiger partial charge is 0.251 e. The van der Waals surface area contributed by atoms with E-state index in [1.165, 1.54) is 0 Å². The molecule has 3 aromatic rings. The quantitative estimate of drug-likeness (QED) is 0.254. The number of likely N-dealkylation sites (tertiary alicyclic amines) is 1. The topological polar surface area (TPSA) is 81.2 Å². The van der Waals surface area contributed by atoms with Crippen molar-refractivity contribution in [1.29, 1.82) is 0 Å². The summed E-state index contributed by atoms with van der Waals surface area (Å²) in [6.45, 7) is 14.2. The third-order valence-corrected chi connectivity index (χ3v) is 12.4. The number of anilines is 2. The van der Waals surface area contributed by atoms with Gasteiger partial charge in [-0.05, 0) is 61.1 Å². The summed E-state index contributed by atoms with van der Waals surface area (Å²) >= 11 is 1.64. The van der Waals surface area contributed by atoms with Crippen LogP contribution in [0.5, 0.6) is 0 Å². The molecule has 6 rings (SSSR count). The Morgan fingerprint density at radius 1 is 0.979 bits per heavy atom. The lowest BCUT2D eigenvalue weighted by atomic mass is 9.65. The molecule has 3 aromatic carbocycles. The number of carbonyl (C=O) groups is 3. The van der Waals surface area contributed by atoms with Crippen LogP contribution in [0.2, 0.25) is 0 Å². The van der Waals surface area contributed by atoms with Crippen molar-refractivity contribution < 1.29 is 19.5 Å². The highest BCUT2D eigenvalue weighted by atomic mass is 32.2. The number of thioether (sulfide) groups is 1. The van der Waals surface area contributed by atoms with E-state index in [9.17, 15) is 9.90 Å². The minimum atomic E-state index is -0.912. The third-order valence-electron chi connectivity index (χ3n) is 10.3. The molecule has 3 saturated heterocycles. The van der Waals surface area contributed by atoms with Gasteiger partial charge in [-0.2, -0.15) is 0 Å². The Hall–Kier alpha value is -4.14. The van der Waals surface area contributed by atoms with Crippen molar-refractivity contribution in [3.05, 3.63) is 121 Å². The number of para-hydroxylation sites is 1. The van der Waals surface area contributed by atoms with Crippen LogP contribution in [0.4, 0.5) is 11.4 Å². The van der Waals surface area contributed by atoms with Crippen molar-refractivity contribution >= 4 is 40.9 Å². The summed E-state index contributed by atoms with van der Waals surface area (Å²) in [6, 6.07) is 23.2. The Morgan fingerprint density at radius 3 is 2.26 bits per heavy atom. The van der Waals surface area contributed by atoms with Crippen LogP contribution in [0, 0.1) is 31.6 Å². The van der Waals surface area contributed by atoms with Gasteiger partial charge in [-0.1, -0.05) is 79.7 Å². The molecule has 0 aromatic heterocycles. The first kappa shape index (κ1) is 32.8. The number of hydrogen-bond acceptors (Lipinski definition) is 5. The second-order valence-corrected chi connectivity index (χ2v) is 14.6. The number of rotatable bonds is 11. The van der Waals surface area contributed by atoms with Crippen molar-refractivity contribution in [3.8, 4) is 0 Å². The minimum absolute atomic E-state index is 0.0293. The summed E-state index contributed by atoms with van der Waals surface area (Å²) in [5.41, 5.74) is 4.20. The number of aryl methyl sites for hydroxylation is 2. The normalized spacial score (nSPS) is 26.5. The van der Waals surface area contributed by atoms with Gasteiger partial charge in [0.15, 0.2) is 0 Å². The second kappa shape index (κ2) is 13.2. The average molecular weight is 650 g/mol. The van der Waals surface area contributed by atoms with Gasteiger partial charge in [-0.15, -0.1) is 24.9 Å². The van der Waals surface area contributed by atoms with Gasteiger partial charge in [0.2, 0.25) is 11.8 Å². The standard InChI is InChI=1S/C39H43N3O4S/c1-6-20-40(29-16-12-9-13-17-29)36(44)33-32-23-27(5)39(47-32)34(33)37(45)42(31(24-43)28-14-10-8-11-15-28)35(39)38(46)41(21-7-2)30-22-25(3)18-19-26(30)4/h6-19,22,27,31-35,43H,1-2,20-21,23-24H2,3-5H3/t27?,31-,32+,33-,34+,35?,39?/m1/s1. The molecule has 7 atom stereocenters. The van der Waals surface area contributed by atoms with Crippen LogP contribution < -0.4 is 9.80 Å². The second-order valence-electron chi connectivity index (χ2n) is 13.0. The molecular weight excluding hydrogens is 607 g/mol. The summed E-state index contributed by atoms with van der Waals surface area (Å²) in [5.74, 6) is -2.00. The molecule has 0 radical (unpaired) electrons. The van der Waals surface area contributed by atoms with Gasteiger partial charge in [0.1, 0.15) is 6.04 Å². The van der Waals surface area contributed by atoms with Gasteiger partial charge >= 0.3 is 0 Å². The van der Waals surface area contributed by atoms with E-state index in [1.54, 1.807) is 38.6 Å². The van der Waals surface area contributed by atoms with Crippen molar-refractivity contribution in [2.45, 2.75) is 49.3 Å². The monoisotopic (exact) mass is 649 g/mol. The molecule has 7 nitrogen and oxygen atoms in total. The first-order valence-electron chi connectivity index (χ1n) is 16.3. The Morgan fingerprint density at radius 2 is 1.62 bits per heavy atom. The van der Waals surface area contributed by atoms with E-state index < -0.39 is 28.7 Å². The third kappa shape index (κ3) is 5.32.